The molecule has 1 aromatic heterocycles. The van der Waals surface area contributed by atoms with Crippen molar-refractivity contribution in [3.8, 4) is 0 Å². The van der Waals surface area contributed by atoms with Crippen molar-refractivity contribution in [1.82, 2.24) is 0 Å². The number of amides is 1. The molecule has 1 heterocycles. The molecule has 30 heavy (non-hydrogen) atoms. The number of nitrogens with one attached hydrogen (secondary N) is 1. The topological polar surface area (TPSA) is 112 Å². The zero-order chi connectivity index (χ0) is 21.7. The largest absolute Gasteiger partial charge is 0.465 e. The lowest BCUT2D eigenvalue weighted by molar-refractivity contribution is -0.111. The Kier molecular flexibility index (Phi) is 6.07. The Hall–Kier alpha value is -4.20. The van der Waals surface area contributed by atoms with Crippen molar-refractivity contribution in [1.29, 1.82) is 0 Å². The van der Waals surface area contributed by atoms with E-state index in [1.54, 1.807) is 24.3 Å². The number of hydrogen-bond donors (Lipinski definition) is 1. The van der Waals surface area contributed by atoms with Gasteiger partial charge in [0.1, 0.15) is 11.8 Å². The summed E-state index contributed by atoms with van der Waals surface area (Å²) in [5.74, 6) is -1.96. The van der Waals surface area contributed by atoms with E-state index in [1.807, 2.05) is 0 Å². The summed E-state index contributed by atoms with van der Waals surface area (Å²) in [6, 6.07) is 10.8. The third-order valence-electron chi connectivity index (χ3n) is 4.22. The number of hydrogen-bond acceptors (Lipinski definition) is 7. The van der Waals surface area contributed by atoms with Crippen LogP contribution in [0.2, 0.25) is 0 Å². The van der Waals surface area contributed by atoms with Crippen LogP contribution in [0, 0.1) is 0 Å². The minimum atomic E-state index is -0.694. The van der Waals surface area contributed by atoms with Gasteiger partial charge in [-0.25, -0.2) is 9.59 Å². The molecule has 0 aliphatic rings. The van der Waals surface area contributed by atoms with Crippen LogP contribution in [-0.2, 0) is 14.3 Å². The summed E-state index contributed by atoms with van der Waals surface area (Å²) < 4.78 is 14.7. The number of esters is 2. The Labute approximate surface area is 170 Å². The average Bonchev–Trinajstić information content (AvgIpc) is 2.77. The molecule has 152 valence electrons. The lowest BCUT2D eigenvalue weighted by Crippen LogP contribution is -2.14. The number of carbonyl (C=O) groups excluding carboxylic acids is 3. The van der Waals surface area contributed by atoms with Crippen LogP contribution in [-0.4, -0.2) is 32.1 Å². The van der Waals surface area contributed by atoms with Crippen molar-refractivity contribution in [2.24, 2.45) is 0 Å². The van der Waals surface area contributed by atoms with E-state index in [0.29, 0.717) is 11.0 Å². The van der Waals surface area contributed by atoms with Crippen LogP contribution in [0.3, 0.4) is 0 Å². The molecule has 2 aromatic carbocycles. The summed E-state index contributed by atoms with van der Waals surface area (Å²) in [4.78, 5) is 48.6. The minimum absolute atomic E-state index is 0.0529. The average molecular weight is 407 g/mol. The fourth-order valence-corrected chi connectivity index (χ4v) is 2.73. The molecule has 3 aromatic rings. The SMILES string of the molecule is COC(=O)c1ccc(C(=O)OC)c(NC(=O)/C=C/c2coc3ccccc3c2=O)c1. The summed E-state index contributed by atoms with van der Waals surface area (Å²) in [7, 11) is 2.41. The molecule has 0 fully saturated rings. The highest BCUT2D eigenvalue weighted by molar-refractivity contribution is 6.07. The molecular formula is C22H17NO7. The normalized spacial score (nSPS) is 10.7. The number of para-hydroxylation sites is 1. The Morgan fingerprint density at radius 3 is 2.47 bits per heavy atom. The smallest absolute Gasteiger partial charge is 0.339 e. The van der Waals surface area contributed by atoms with Crippen LogP contribution in [0.25, 0.3) is 17.0 Å². The van der Waals surface area contributed by atoms with Crippen LogP contribution < -0.4 is 10.7 Å². The molecule has 3 rings (SSSR count). The minimum Gasteiger partial charge on any atom is -0.465 e. The second-order valence-corrected chi connectivity index (χ2v) is 6.08. The van der Waals surface area contributed by atoms with Gasteiger partial charge in [0.15, 0.2) is 5.43 Å². The second kappa shape index (κ2) is 8.87. The zero-order valence-corrected chi connectivity index (χ0v) is 16.1. The number of ether oxygens (including phenoxy) is 2. The monoisotopic (exact) mass is 407 g/mol. The molecule has 0 aliphatic heterocycles. The van der Waals surface area contributed by atoms with Crippen LogP contribution >= 0.6 is 0 Å². The first-order chi connectivity index (χ1) is 14.4. The van der Waals surface area contributed by atoms with Crippen molar-refractivity contribution in [2.45, 2.75) is 0 Å². The third kappa shape index (κ3) is 4.27. The summed E-state index contributed by atoms with van der Waals surface area (Å²) in [5, 5.41) is 2.89. The van der Waals surface area contributed by atoms with E-state index in [0.717, 1.165) is 6.08 Å². The molecule has 0 saturated carbocycles. The molecule has 1 N–H and O–H groups in total. The predicted molar refractivity (Wildman–Crippen MR) is 109 cm³/mol. The summed E-state index contributed by atoms with van der Waals surface area (Å²) in [6.45, 7) is 0. The van der Waals surface area contributed by atoms with Gasteiger partial charge in [-0.15, -0.1) is 0 Å². The van der Waals surface area contributed by atoms with Crippen molar-refractivity contribution < 1.29 is 28.3 Å². The van der Waals surface area contributed by atoms with Gasteiger partial charge in [-0.2, -0.15) is 0 Å². The van der Waals surface area contributed by atoms with Crippen LogP contribution in [0.1, 0.15) is 26.3 Å². The van der Waals surface area contributed by atoms with Gasteiger partial charge in [-0.3, -0.25) is 9.59 Å². The third-order valence-corrected chi connectivity index (χ3v) is 4.22. The number of methoxy groups -OCH3 is 2. The first kappa shape index (κ1) is 20.5. The van der Waals surface area contributed by atoms with E-state index in [2.05, 4.69) is 10.1 Å². The molecule has 8 heteroatoms. The molecule has 1 amide bonds. The van der Waals surface area contributed by atoms with Crippen LogP contribution in [0.5, 0.6) is 0 Å². The molecule has 8 nitrogen and oxygen atoms in total. The van der Waals surface area contributed by atoms with E-state index in [9.17, 15) is 19.2 Å². The van der Waals surface area contributed by atoms with Crippen molar-refractivity contribution in [2.75, 3.05) is 19.5 Å². The number of rotatable bonds is 5. The Bertz CT molecular complexity index is 1220. The van der Waals surface area contributed by atoms with E-state index < -0.39 is 17.8 Å². The van der Waals surface area contributed by atoms with Gasteiger partial charge in [-0.1, -0.05) is 12.1 Å². The first-order valence-corrected chi connectivity index (χ1v) is 8.75. The van der Waals surface area contributed by atoms with Crippen LogP contribution in [0.4, 0.5) is 5.69 Å². The molecule has 0 spiro atoms. The molecule has 0 aliphatic carbocycles. The van der Waals surface area contributed by atoms with E-state index in [4.69, 9.17) is 9.15 Å². The van der Waals surface area contributed by atoms with Crippen molar-refractivity contribution >= 4 is 40.6 Å². The Morgan fingerprint density at radius 1 is 1.00 bits per heavy atom. The standard InChI is InChI=1S/C22H17NO7/c1-28-21(26)13-7-9-15(22(27)29-2)17(11-13)23-19(24)10-8-14-12-30-18-6-4-3-5-16(18)20(14)25/h3-12H,1-2H3,(H,23,24)/b10-8+. The first-order valence-electron chi connectivity index (χ1n) is 8.75. The van der Waals surface area contributed by atoms with Crippen molar-refractivity contribution in [3.63, 3.8) is 0 Å². The predicted octanol–water partition coefficient (Wildman–Crippen LogP) is 3.02. The summed E-state index contributed by atoms with van der Waals surface area (Å²) >= 11 is 0. The second-order valence-electron chi connectivity index (χ2n) is 6.08. The quantitative estimate of drug-likeness (QED) is 0.511. The van der Waals surface area contributed by atoms with Gasteiger partial charge in [0.05, 0.1) is 42.0 Å². The Morgan fingerprint density at radius 2 is 1.73 bits per heavy atom. The number of carbonyl (C=O) groups is 3. The lowest BCUT2D eigenvalue weighted by atomic mass is 10.1. The number of fused-ring (bicyclic) bond motifs is 1. The molecule has 0 saturated heterocycles. The van der Waals surface area contributed by atoms with Gasteiger partial charge in [0.25, 0.3) is 0 Å². The number of anilines is 1. The maximum absolute atomic E-state index is 12.5. The molecule has 0 bridgehead atoms. The highest BCUT2D eigenvalue weighted by atomic mass is 16.5. The van der Waals surface area contributed by atoms with Gasteiger partial charge >= 0.3 is 11.9 Å². The maximum Gasteiger partial charge on any atom is 0.339 e. The van der Waals surface area contributed by atoms with E-state index in [1.165, 1.54) is 44.8 Å². The molecule has 0 atom stereocenters. The lowest BCUT2D eigenvalue weighted by Gasteiger charge is -2.10. The van der Waals surface area contributed by atoms with Gasteiger partial charge in [-0.05, 0) is 36.4 Å². The van der Waals surface area contributed by atoms with E-state index in [-0.39, 0.29) is 27.8 Å². The van der Waals surface area contributed by atoms with Crippen molar-refractivity contribution in [3.05, 3.63) is 81.7 Å². The molecule has 0 unspecified atom stereocenters. The highest BCUT2D eigenvalue weighted by Gasteiger charge is 2.17. The van der Waals surface area contributed by atoms with Gasteiger partial charge in [0, 0.05) is 6.08 Å². The molecular weight excluding hydrogens is 390 g/mol. The number of benzene rings is 2. The van der Waals surface area contributed by atoms with E-state index >= 15 is 0 Å². The van der Waals surface area contributed by atoms with Crippen LogP contribution in [0.15, 0.2) is 64.0 Å². The highest BCUT2D eigenvalue weighted by Crippen LogP contribution is 2.20. The zero-order valence-electron chi connectivity index (χ0n) is 16.1. The fourth-order valence-electron chi connectivity index (χ4n) is 2.73. The maximum atomic E-state index is 12.5. The molecule has 0 radical (unpaired) electrons. The van der Waals surface area contributed by atoms with Gasteiger partial charge in [0.2, 0.25) is 5.91 Å². The summed E-state index contributed by atoms with van der Waals surface area (Å²) in [6.07, 6.45) is 3.68. The summed E-state index contributed by atoms with van der Waals surface area (Å²) in [5.41, 5.74) is 0.581. The van der Waals surface area contributed by atoms with Gasteiger partial charge < -0.3 is 19.2 Å². The Balaban J connectivity index is 1.88. The fraction of sp³-hybridized carbons (Fsp3) is 0.0909.